The number of nitrogens with zero attached hydrogens (tertiary/aromatic N) is 1. The number of benzene rings is 2. The monoisotopic (exact) mass is 439 g/mol. The van der Waals surface area contributed by atoms with E-state index in [2.05, 4.69) is 22.0 Å². The van der Waals surface area contributed by atoms with Gasteiger partial charge in [0.25, 0.3) is 0 Å². The highest BCUT2D eigenvalue weighted by Gasteiger charge is 2.13. The summed E-state index contributed by atoms with van der Waals surface area (Å²) in [4.78, 5) is 0. The maximum Gasteiger partial charge on any atom is 0.175 e. The Labute approximate surface area is 165 Å². The first-order chi connectivity index (χ1) is 12.0. The number of hydrogen-bond acceptors (Lipinski definition) is 3. The summed E-state index contributed by atoms with van der Waals surface area (Å²) in [6.07, 6.45) is 2.64. The first-order valence-electron chi connectivity index (χ1n) is 7.57. The number of allylic oxidation sites excluding steroid dienone is 1. The van der Waals surface area contributed by atoms with Crippen LogP contribution in [0.25, 0.3) is 11.6 Å². The Morgan fingerprint density at radius 3 is 2.64 bits per heavy atom. The molecule has 2 aromatic carbocycles. The van der Waals surface area contributed by atoms with Crippen LogP contribution >= 0.6 is 39.1 Å². The first kappa shape index (κ1) is 19.7. The number of nitriles is 1. The van der Waals surface area contributed by atoms with E-state index in [0.717, 1.165) is 16.5 Å². The second-order valence-corrected chi connectivity index (χ2v) is 6.87. The van der Waals surface area contributed by atoms with Gasteiger partial charge in [-0.05, 0) is 58.3 Å². The van der Waals surface area contributed by atoms with Gasteiger partial charge in [-0.1, -0.05) is 36.2 Å². The normalized spacial score (nSPS) is 11.1. The third-order valence-electron chi connectivity index (χ3n) is 3.36. The topological polar surface area (TPSA) is 42.2 Å². The van der Waals surface area contributed by atoms with Crippen molar-refractivity contribution in [3.63, 3.8) is 0 Å². The molecule has 0 aliphatic carbocycles. The van der Waals surface area contributed by atoms with Gasteiger partial charge in [0.05, 0.1) is 34.9 Å². The molecule has 2 rings (SSSR count). The minimum Gasteiger partial charge on any atom is -0.493 e. The highest BCUT2D eigenvalue weighted by atomic mass is 79.9. The molecular formula is C19H16BrCl2NO2. The van der Waals surface area contributed by atoms with Gasteiger partial charge >= 0.3 is 0 Å². The summed E-state index contributed by atoms with van der Waals surface area (Å²) in [6, 6.07) is 10.9. The zero-order valence-corrected chi connectivity index (χ0v) is 16.9. The molecule has 0 spiro atoms. The molecule has 0 saturated heterocycles. The summed E-state index contributed by atoms with van der Waals surface area (Å²) in [5.74, 6) is 1.23. The standard InChI is InChI=1S/C19H16BrCl2NO2/c1-3-6-25-19-16(20)8-12(9-18(19)24-2)7-13(11-23)15-5-4-14(21)10-17(15)22/h4-5,7-10H,3,6H2,1-2H3/b13-7+. The SMILES string of the molecule is CCCOc1c(Br)cc(/C=C(\C#N)c2ccc(Cl)cc2Cl)cc1OC. The van der Waals surface area contributed by atoms with Crippen LogP contribution in [0.2, 0.25) is 10.0 Å². The Bertz CT molecular complexity index is 844. The van der Waals surface area contributed by atoms with Crippen molar-refractivity contribution in [2.24, 2.45) is 0 Å². The van der Waals surface area contributed by atoms with Crippen LogP contribution in [-0.2, 0) is 0 Å². The van der Waals surface area contributed by atoms with Crippen molar-refractivity contribution >= 4 is 50.8 Å². The van der Waals surface area contributed by atoms with Gasteiger partial charge < -0.3 is 9.47 Å². The summed E-state index contributed by atoms with van der Waals surface area (Å²) in [5, 5.41) is 10.5. The molecule has 0 N–H and O–H groups in total. The van der Waals surface area contributed by atoms with Gasteiger partial charge in [0.15, 0.2) is 11.5 Å². The lowest BCUT2D eigenvalue weighted by atomic mass is 10.0. The molecule has 0 aromatic heterocycles. The van der Waals surface area contributed by atoms with Crippen molar-refractivity contribution in [3.05, 3.63) is 56.0 Å². The molecule has 0 radical (unpaired) electrons. The van der Waals surface area contributed by atoms with E-state index in [9.17, 15) is 5.26 Å². The lowest BCUT2D eigenvalue weighted by Gasteiger charge is -2.13. The molecule has 0 atom stereocenters. The molecule has 0 saturated carbocycles. The molecule has 0 amide bonds. The number of hydrogen-bond donors (Lipinski definition) is 0. The van der Waals surface area contributed by atoms with Gasteiger partial charge in [-0.25, -0.2) is 0 Å². The van der Waals surface area contributed by atoms with Crippen LogP contribution in [0, 0.1) is 11.3 Å². The second kappa shape index (κ2) is 9.15. The summed E-state index contributed by atoms with van der Waals surface area (Å²) < 4.78 is 11.9. The molecule has 2 aromatic rings. The van der Waals surface area contributed by atoms with Crippen molar-refractivity contribution < 1.29 is 9.47 Å². The van der Waals surface area contributed by atoms with Gasteiger partial charge in [0.1, 0.15) is 0 Å². The number of halogens is 3. The van der Waals surface area contributed by atoms with Crippen LogP contribution in [0.15, 0.2) is 34.8 Å². The lowest BCUT2D eigenvalue weighted by Crippen LogP contribution is -1.99. The average Bonchev–Trinajstić information content (AvgIpc) is 2.58. The quantitative estimate of drug-likeness (QED) is 0.374. The first-order valence-corrected chi connectivity index (χ1v) is 9.12. The van der Waals surface area contributed by atoms with Crippen LogP contribution < -0.4 is 9.47 Å². The zero-order valence-electron chi connectivity index (χ0n) is 13.8. The third-order valence-corrected chi connectivity index (χ3v) is 4.49. The lowest BCUT2D eigenvalue weighted by molar-refractivity contribution is 0.292. The Balaban J connectivity index is 2.47. The zero-order chi connectivity index (χ0) is 18.4. The molecule has 0 fully saturated rings. The van der Waals surface area contributed by atoms with E-state index < -0.39 is 0 Å². The fraction of sp³-hybridized carbons (Fsp3) is 0.211. The highest BCUT2D eigenvalue weighted by Crippen LogP contribution is 2.38. The summed E-state index contributed by atoms with van der Waals surface area (Å²) >= 11 is 15.6. The van der Waals surface area contributed by atoms with Crippen LogP contribution in [0.1, 0.15) is 24.5 Å². The van der Waals surface area contributed by atoms with E-state index in [-0.39, 0.29) is 0 Å². The van der Waals surface area contributed by atoms with E-state index in [1.807, 2.05) is 19.1 Å². The van der Waals surface area contributed by atoms with Crippen molar-refractivity contribution in [3.8, 4) is 17.6 Å². The predicted molar refractivity (Wildman–Crippen MR) is 106 cm³/mol. The average molecular weight is 441 g/mol. The predicted octanol–water partition coefficient (Wildman–Crippen LogP) is 6.62. The smallest absolute Gasteiger partial charge is 0.175 e. The van der Waals surface area contributed by atoms with Crippen LogP contribution in [0.4, 0.5) is 0 Å². The molecule has 0 aliphatic heterocycles. The van der Waals surface area contributed by atoms with E-state index in [1.54, 1.807) is 31.4 Å². The van der Waals surface area contributed by atoms with Gasteiger partial charge in [0.2, 0.25) is 0 Å². The van der Waals surface area contributed by atoms with E-state index in [4.69, 9.17) is 32.7 Å². The molecule has 6 heteroatoms. The van der Waals surface area contributed by atoms with Crippen LogP contribution in [0.5, 0.6) is 11.5 Å². The fourth-order valence-electron chi connectivity index (χ4n) is 2.21. The summed E-state index contributed by atoms with van der Waals surface area (Å²) in [7, 11) is 1.58. The van der Waals surface area contributed by atoms with Gasteiger partial charge in [-0.3, -0.25) is 0 Å². The molecule has 3 nitrogen and oxygen atoms in total. The van der Waals surface area contributed by atoms with Crippen molar-refractivity contribution in [1.82, 2.24) is 0 Å². The second-order valence-electron chi connectivity index (χ2n) is 5.18. The van der Waals surface area contributed by atoms with Crippen molar-refractivity contribution in [2.45, 2.75) is 13.3 Å². The van der Waals surface area contributed by atoms with E-state index >= 15 is 0 Å². The van der Waals surface area contributed by atoms with Crippen LogP contribution in [-0.4, -0.2) is 13.7 Å². The number of methoxy groups -OCH3 is 1. The largest absolute Gasteiger partial charge is 0.493 e. The maximum atomic E-state index is 9.52. The Hall–Kier alpha value is -1.67. The maximum absolute atomic E-state index is 9.52. The third kappa shape index (κ3) is 4.92. The fourth-order valence-corrected chi connectivity index (χ4v) is 3.30. The van der Waals surface area contributed by atoms with Gasteiger partial charge in [-0.15, -0.1) is 0 Å². The Morgan fingerprint density at radius 2 is 2.04 bits per heavy atom. The molecule has 0 heterocycles. The van der Waals surface area contributed by atoms with Crippen molar-refractivity contribution in [2.75, 3.05) is 13.7 Å². The van der Waals surface area contributed by atoms with E-state index in [1.165, 1.54) is 0 Å². The molecule has 130 valence electrons. The molecular weight excluding hydrogens is 425 g/mol. The Morgan fingerprint density at radius 1 is 1.28 bits per heavy atom. The van der Waals surface area contributed by atoms with Gasteiger partial charge in [-0.2, -0.15) is 5.26 Å². The number of rotatable bonds is 6. The summed E-state index contributed by atoms with van der Waals surface area (Å²) in [5.41, 5.74) is 1.84. The minimum atomic E-state index is 0.425. The molecule has 25 heavy (non-hydrogen) atoms. The minimum absolute atomic E-state index is 0.425. The van der Waals surface area contributed by atoms with Gasteiger partial charge in [0, 0.05) is 10.6 Å². The van der Waals surface area contributed by atoms with Crippen molar-refractivity contribution in [1.29, 1.82) is 5.26 Å². The molecule has 0 aliphatic rings. The number of ether oxygens (including phenoxy) is 2. The van der Waals surface area contributed by atoms with Crippen LogP contribution in [0.3, 0.4) is 0 Å². The summed E-state index contributed by atoms with van der Waals surface area (Å²) in [6.45, 7) is 2.63. The molecule has 0 bridgehead atoms. The Kier molecular flexibility index (Phi) is 7.19. The highest BCUT2D eigenvalue weighted by molar-refractivity contribution is 9.10. The molecule has 0 unspecified atom stereocenters. The van der Waals surface area contributed by atoms with E-state index in [0.29, 0.717) is 39.3 Å².